The average Bonchev–Trinajstić information content (AvgIpc) is 3.35. The largest absolute Gasteiger partial charge is 0.478 e. The first-order valence-electron chi connectivity index (χ1n) is 12.1. The van der Waals surface area contributed by atoms with Crippen molar-refractivity contribution in [1.29, 1.82) is 0 Å². The second-order valence-electron chi connectivity index (χ2n) is 9.24. The minimum absolute atomic E-state index is 0.0811. The van der Waals surface area contributed by atoms with Crippen LogP contribution < -0.4 is 5.56 Å². The summed E-state index contributed by atoms with van der Waals surface area (Å²) in [6, 6.07) is 18.5. The molecule has 4 rings (SSSR count). The maximum Gasteiger partial charge on any atom is 0.335 e. The fourth-order valence-corrected chi connectivity index (χ4v) is 5.36. The number of carbonyl (C=O) groups is 1. The van der Waals surface area contributed by atoms with Crippen LogP contribution in [0.3, 0.4) is 0 Å². The summed E-state index contributed by atoms with van der Waals surface area (Å²) in [5, 5.41) is 9.65. The summed E-state index contributed by atoms with van der Waals surface area (Å²) in [7, 11) is 2.04. The normalized spacial score (nSPS) is 17.6. The van der Waals surface area contributed by atoms with E-state index < -0.39 is 5.97 Å². The molecule has 1 aliphatic carbocycles. The van der Waals surface area contributed by atoms with E-state index in [2.05, 4.69) is 17.0 Å². The number of hydrogen-bond donors (Lipinski definition) is 1. The van der Waals surface area contributed by atoms with Crippen molar-refractivity contribution in [2.24, 2.45) is 0 Å². The molecule has 1 aromatic heterocycles. The maximum absolute atomic E-state index is 13.0. The van der Waals surface area contributed by atoms with Gasteiger partial charge >= 0.3 is 5.97 Å². The molecule has 1 saturated carbocycles. The van der Waals surface area contributed by atoms with Gasteiger partial charge < -0.3 is 14.4 Å². The molecule has 1 heterocycles. The van der Waals surface area contributed by atoms with Gasteiger partial charge in [-0.05, 0) is 62.1 Å². The van der Waals surface area contributed by atoms with Crippen LogP contribution >= 0.6 is 23.2 Å². The fourth-order valence-electron chi connectivity index (χ4n) is 4.83. The highest BCUT2D eigenvalue weighted by Gasteiger charge is 2.32. The zero-order valence-corrected chi connectivity index (χ0v) is 21.7. The number of carboxylic acid groups (broad SMARTS) is 1. The number of aromatic nitrogens is 1. The molecule has 0 radical (unpaired) electrons. The first kappa shape index (κ1) is 26.4. The minimum atomic E-state index is -0.970. The van der Waals surface area contributed by atoms with Crippen LogP contribution in [0.5, 0.6) is 0 Å². The Balaban J connectivity index is 1.48. The summed E-state index contributed by atoms with van der Waals surface area (Å²) < 4.78 is 7.93. The van der Waals surface area contributed by atoms with Crippen molar-refractivity contribution < 1.29 is 14.6 Å². The van der Waals surface area contributed by atoms with Gasteiger partial charge in [0.15, 0.2) is 0 Å². The number of aryl methyl sites for hydroxylation is 1. The van der Waals surface area contributed by atoms with E-state index in [1.165, 1.54) is 6.07 Å². The SMILES string of the molecule is CN(Cc1c(Cl)cc(Cl)c(=O)n1CCc1ccc(C(=O)O)cc1)[C@@H]1CCC[C@H]1OCc1ccccc1. The Hall–Kier alpha value is -2.64. The van der Waals surface area contributed by atoms with Crippen molar-refractivity contribution >= 4 is 29.2 Å². The van der Waals surface area contributed by atoms with Crippen LogP contribution in [0, 0.1) is 0 Å². The molecule has 0 amide bonds. The zero-order valence-electron chi connectivity index (χ0n) is 20.2. The summed E-state index contributed by atoms with van der Waals surface area (Å²) in [6.45, 7) is 1.44. The van der Waals surface area contributed by atoms with E-state index in [0.29, 0.717) is 36.8 Å². The van der Waals surface area contributed by atoms with Gasteiger partial charge in [0.25, 0.3) is 5.56 Å². The Morgan fingerprint density at radius 3 is 2.47 bits per heavy atom. The second-order valence-corrected chi connectivity index (χ2v) is 10.1. The van der Waals surface area contributed by atoms with Crippen molar-refractivity contribution in [3.63, 3.8) is 0 Å². The third kappa shape index (κ3) is 6.37. The van der Waals surface area contributed by atoms with E-state index in [4.69, 9.17) is 33.0 Å². The van der Waals surface area contributed by atoms with Gasteiger partial charge in [0, 0.05) is 19.1 Å². The molecule has 0 spiro atoms. The Morgan fingerprint density at radius 1 is 1.06 bits per heavy atom. The molecule has 0 aliphatic heterocycles. The van der Waals surface area contributed by atoms with E-state index in [9.17, 15) is 9.59 Å². The highest BCUT2D eigenvalue weighted by atomic mass is 35.5. The summed E-state index contributed by atoms with van der Waals surface area (Å²) in [5.74, 6) is -0.970. The molecule has 36 heavy (non-hydrogen) atoms. The zero-order chi connectivity index (χ0) is 25.7. The third-order valence-electron chi connectivity index (χ3n) is 6.82. The molecule has 3 aromatic rings. The highest BCUT2D eigenvalue weighted by molar-refractivity contribution is 6.34. The van der Waals surface area contributed by atoms with Crippen LogP contribution in [0.4, 0.5) is 0 Å². The van der Waals surface area contributed by atoms with E-state index in [1.807, 2.05) is 25.2 Å². The number of rotatable bonds is 10. The lowest BCUT2D eigenvalue weighted by Gasteiger charge is -2.31. The van der Waals surface area contributed by atoms with Crippen LogP contribution in [-0.4, -0.2) is 39.7 Å². The van der Waals surface area contributed by atoms with Crippen LogP contribution in [-0.2, 0) is 30.9 Å². The van der Waals surface area contributed by atoms with Gasteiger partial charge in [-0.15, -0.1) is 0 Å². The van der Waals surface area contributed by atoms with Crippen molar-refractivity contribution in [3.8, 4) is 0 Å². The second kappa shape index (κ2) is 12.1. The summed E-state index contributed by atoms with van der Waals surface area (Å²) >= 11 is 12.8. The number of aromatic carboxylic acids is 1. The van der Waals surface area contributed by atoms with Gasteiger partial charge in [-0.3, -0.25) is 9.69 Å². The molecule has 0 saturated heterocycles. The molecule has 6 nitrogen and oxygen atoms in total. The average molecular weight is 529 g/mol. The van der Waals surface area contributed by atoms with E-state index in [0.717, 1.165) is 30.4 Å². The molecule has 1 aliphatic rings. The van der Waals surface area contributed by atoms with E-state index >= 15 is 0 Å². The lowest BCUT2D eigenvalue weighted by molar-refractivity contribution is -0.00390. The van der Waals surface area contributed by atoms with Crippen LogP contribution in [0.25, 0.3) is 0 Å². The Labute approximate surface area is 221 Å². The van der Waals surface area contributed by atoms with E-state index in [1.54, 1.807) is 28.8 Å². The number of halogens is 2. The lowest BCUT2D eigenvalue weighted by Crippen LogP contribution is -2.40. The molecule has 2 atom stereocenters. The maximum atomic E-state index is 13.0. The quantitative estimate of drug-likeness (QED) is 0.367. The predicted octanol–water partition coefficient (Wildman–Crippen LogP) is 5.67. The topological polar surface area (TPSA) is 71.8 Å². The Morgan fingerprint density at radius 2 is 1.78 bits per heavy atom. The lowest BCUT2D eigenvalue weighted by atomic mass is 10.1. The van der Waals surface area contributed by atoms with Crippen LogP contribution in [0.2, 0.25) is 10.0 Å². The number of likely N-dealkylation sites (N-methyl/N-ethyl adjacent to an activating group) is 1. The van der Waals surface area contributed by atoms with Crippen molar-refractivity contribution in [2.75, 3.05) is 7.05 Å². The molecule has 8 heteroatoms. The van der Waals surface area contributed by atoms with Crippen LogP contribution in [0.15, 0.2) is 65.5 Å². The molecule has 190 valence electrons. The van der Waals surface area contributed by atoms with Crippen molar-refractivity contribution in [1.82, 2.24) is 9.47 Å². The number of hydrogen-bond acceptors (Lipinski definition) is 4. The fraction of sp³-hybridized carbons (Fsp3) is 0.357. The molecule has 0 bridgehead atoms. The number of ether oxygens (including phenoxy) is 1. The number of carboxylic acids is 1. The molecule has 1 N–H and O–H groups in total. The van der Waals surface area contributed by atoms with Gasteiger partial charge in [-0.1, -0.05) is 65.7 Å². The number of pyridine rings is 1. The molecular weight excluding hydrogens is 499 g/mol. The number of benzene rings is 2. The highest BCUT2D eigenvalue weighted by Crippen LogP contribution is 2.29. The first-order chi connectivity index (χ1) is 17.3. The smallest absolute Gasteiger partial charge is 0.335 e. The first-order valence-corrected chi connectivity index (χ1v) is 12.8. The predicted molar refractivity (Wildman–Crippen MR) is 142 cm³/mol. The van der Waals surface area contributed by atoms with Gasteiger partial charge in [0.1, 0.15) is 5.02 Å². The van der Waals surface area contributed by atoms with Crippen molar-refractivity contribution in [3.05, 3.63) is 103 Å². The molecule has 0 unspecified atom stereocenters. The van der Waals surface area contributed by atoms with E-state index in [-0.39, 0.29) is 28.3 Å². The minimum Gasteiger partial charge on any atom is -0.478 e. The summed E-state index contributed by atoms with van der Waals surface area (Å²) in [6.07, 6.45) is 3.74. The standard InChI is InChI=1S/C28H30Cl2N2O4/c1-31(24-8-5-9-26(24)36-18-20-6-3-2-4-7-20)17-25-22(29)16-23(30)27(33)32(25)15-14-19-10-12-21(13-11-19)28(34)35/h2-4,6-7,10-13,16,24,26H,5,8-9,14-15,17-18H2,1H3,(H,34,35)/t24-,26-/m1/s1. The summed E-state index contributed by atoms with van der Waals surface area (Å²) in [5.41, 5.74) is 2.73. The van der Waals surface area contributed by atoms with Gasteiger partial charge in [0.2, 0.25) is 0 Å². The van der Waals surface area contributed by atoms with Crippen molar-refractivity contribution in [2.45, 2.75) is 57.5 Å². The molecule has 2 aromatic carbocycles. The molecular formula is C28H30Cl2N2O4. The monoisotopic (exact) mass is 528 g/mol. The van der Waals surface area contributed by atoms with Gasteiger partial charge in [-0.25, -0.2) is 4.79 Å². The van der Waals surface area contributed by atoms with Gasteiger partial charge in [0.05, 0.1) is 29.0 Å². The van der Waals surface area contributed by atoms with Crippen LogP contribution in [0.1, 0.15) is 46.4 Å². The number of nitrogens with zero attached hydrogens (tertiary/aromatic N) is 2. The van der Waals surface area contributed by atoms with Gasteiger partial charge in [-0.2, -0.15) is 0 Å². The Kier molecular flexibility index (Phi) is 8.86. The summed E-state index contributed by atoms with van der Waals surface area (Å²) in [4.78, 5) is 26.3. The Bertz CT molecular complexity index is 1240. The molecule has 1 fully saturated rings. The third-order valence-corrected chi connectivity index (χ3v) is 7.42.